The molecule has 2 heteroatoms. The van der Waals surface area contributed by atoms with Crippen molar-refractivity contribution in [1.82, 2.24) is 5.32 Å². The van der Waals surface area contributed by atoms with E-state index in [-0.39, 0.29) is 5.54 Å². The van der Waals surface area contributed by atoms with Gasteiger partial charge in [-0.05, 0) is 33.1 Å². The zero-order valence-electron chi connectivity index (χ0n) is 9.55. The minimum absolute atomic E-state index is 0.184. The summed E-state index contributed by atoms with van der Waals surface area (Å²) in [6, 6.07) is 0.564. The summed E-state index contributed by atoms with van der Waals surface area (Å²) in [7, 11) is 0. The van der Waals surface area contributed by atoms with Crippen LogP contribution in [-0.2, 0) is 4.74 Å². The minimum atomic E-state index is 0.184. The zero-order valence-corrected chi connectivity index (χ0v) is 9.55. The molecule has 1 aliphatic heterocycles. The van der Waals surface area contributed by atoms with Gasteiger partial charge in [0.05, 0.1) is 6.10 Å². The van der Waals surface area contributed by atoms with Crippen molar-refractivity contribution in [3.8, 4) is 0 Å². The number of hydrogen-bond donors (Lipinski definition) is 1. The highest BCUT2D eigenvalue weighted by Crippen LogP contribution is 2.26. The molecule has 78 valence electrons. The highest BCUT2D eigenvalue weighted by atomic mass is 16.5. The fourth-order valence-electron chi connectivity index (χ4n) is 1.71. The predicted octanol–water partition coefficient (Wildman–Crippen LogP) is 2.19. The van der Waals surface area contributed by atoms with E-state index in [0.717, 1.165) is 13.0 Å². The van der Waals surface area contributed by atoms with E-state index in [4.69, 9.17) is 4.74 Å². The van der Waals surface area contributed by atoms with Crippen LogP contribution in [-0.4, -0.2) is 24.3 Å². The van der Waals surface area contributed by atoms with Crippen molar-refractivity contribution in [1.29, 1.82) is 0 Å². The molecule has 0 spiro atoms. The Hall–Kier alpha value is -0.0800. The van der Waals surface area contributed by atoms with Crippen molar-refractivity contribution >= 4 is 0 Å². The van der Waals surface area contributed by atoms with Crippen LogP contribution in [0.3, 0.4) is 0 Å². The minimum Gasteiger partial charge on any atom is -0.377 e. The van der Waals surface area contributed by atoms with Crippen LogP contribution in [0.2, 0.25) is 0 Å². The lowest BCUT2D eigenvalue weighted by Gasteiger charge is -2.34. The molecule has 1 N–H and O–H groups in total. The van der Waals surface area contributed by atoms with E-state index in [0.29, 0.717) is 18.1 Å². The Morgan fingerprint density at radius 1 is 1.38 bits per heavy atom. The number of hydrogen-bond acceptors (Lipinski definition) is 2. The summed E-state index contributed by atoms with van der Waals surface area (Å²) in [6.07, 6.45) is 1.47. The normalized spacial score (nSPS) is 36.9. The Morgan fingerprint density at radius 2 is 2.00 bits per heavy atom. The first kappa shape index (κ1) is 11.0. The monoisotopic (exact) mass is 185 g/mol. The Labute approximate surface area is 82.0 Å². The fraction of sp³-hybridized carbons (Fsp3) is 1.00. The van der Waals surface area contributed by atoms with Crippen molar-refractivity contribution in [2.45, 2.75) is 58.7 Å². The third kappa shape index (κ3) is 2.44. The molecular weight excluding hydrogens is 162 g/mol. The SMILES string of the molecule is CC(C)C(C)NC1(C)CCOC1C. The summed E-state index contributed by atoms with van der Waals surface area (Å²) in [5.41, 5.74) is 0.184. The molecule has 0 aromatic rings. The van der Waals surface area contributed by atoms with Crippen molar-refractivity contribution in [3.05, 3.63) is 0 Å². The summed E-state index contributed by atoms with van der Waals surface area (Å²) in [4.78, 5) is 0. The Morgan fingerprint density at radius 3 is 2.38 bits per heavy atom. The van der Waals surface area contributed by atoms with Gasteiger partial charge in [0, 0.05) is 18.2 Å². The largest absolute Gasteiger partial charge is 0.377 e. The standard InChI is InChI=1S/C11H23NO/c1-8(2)9(3)12-11(5)6-7-13-10(11)4/h8-10,12H,6-7H2,1-5H3. The van der Waals surface area contributed by atoms with Crippen LogP contribution in [0.5, 0.6) is 0 Å². The molecule has 0 saturated carbocycles. The van der Waals surface area contributed by atoms with Crippen molar-refractivity contribution in [3.63, 3.8) is 0 Å². The number of ether oxygens (including phenoxy) is 1. The van der Waals surface area contributed by atoms with E-state index < -0.39 is 0 Å². The van der Waals surface area contributed by atoms with E-state index >= 15 is 0 Å². The van der Waals surface area contributed by atoms with Crippen LogP contribution in [0, 0.1) is 5.92 Å². The van der Waals surface area contributed by atoms with E-state index in [2.05, 4.69) is 39.9 Å². The van der Waals surface area contributed by atoms with Crippen molar-refractivity contribution in [2.24, 2.45) is 5.92 Å². The van der Waals surface area contributed by atoms with Gasteiger partial charge in [0.25, 0.3) is 0 Å². The molecule has 1 saturated heterocycles. The molecule has 0 aliphatic carbocycles. The van der Waals surface area contributed by atoms with Gasteiger partial charge in [0.1, 0.15) is 0 Å². The molecule has 2 nitrogen and oxygen atoms in total. The molecule has 3 unspecified atom stereocenters. The molecule has 1 heterocycles. The quantitative estimate of drug-likeness (QED) is 0.727. The molecule has 3 atom stereocenters. The lowest BCUT2D eigenvalue weighted by atomic mass is 9.92. The lowest BCUT2D eigenvalue weighted by Crippen LogP contribution is -2.52. The van der Waals surface area contributed by atoms with Crippen LogP contribution in [0.4, 0.5) is 0 Å². The van der Waals surface area contributed by atoms with Gasteiger partial charge in [0.15, 0.2) is 0 Å². The highest BCUT2D eigenvalue weighted by molar-refractivity contribution is 4.95. The number of rotatable bonds is 3. The summed E-state index contributed by atoms with van der Waals surface area (Å²) < 4.78 is 5.59. The molecule has 1 aliphatic rings. The van der Waals surface area contributed by atoms with Gasteiger partial charge >= 0.3 is 0 Å². The third-order valence-electron chi connectivity index (χ3n) is 3.44. The van der Waals surface area contributed by atoms with E-state index in [1.807, 2.05) is 0 Å². The fourth-order valence-corrected chi connectivity index (χ4v) is 1.71. The van der Waals surface area contributed by atoms with Crippen molar-refractivity contribution in [2.75, 3.05) is 6.61 Å². The molecule has 0 bridgehead atoms. The van der Waals surface area contributed by atoms with Gasteiger partial charge in [-0.3, -0.25) is 0 Å². The second kappa shape index (κ2) is 3.97. The topological polar surface area (TPSA) is 21.3 Å². The zero-order chi connectivity index (χ0) is 10.1. The number of nitrogens with one attached hydrogen (secondary N) is 1. The van der Waals surface area contributed by atoms with Crippen LogP contribution < -0.4 is 5.32 Å². The smallest absolute Gasteiger partial charge is 0.0726 e. The van der Waals surface area contributed by atoms with Crippen LogP contribution >= 0.6 is 0 Å². The lowest BCUT2D eigenvalue weighted by molar-refractivity contribution is 0.0824. The van der Waals surface area contributed by atoms with Gasteiger partial charge < -0.3 is 10.1 Å². The first-order chi connectivity index (χ1) is 5.96. The van der Waals surface area contributed by atoms with Crippen LogP contribution in [0.1, 0.15) is 41.0 Å². The van der Waals surface area contributed by atoms with Gasteiger partial charge in [-0.25, -0.2) is 0 Å². The summed E-state index contributed by atoms with van der Waals surface area (Å²) in [5, 5.41) is 3.68. The van der Waals surface area contributed by atoms with Gasteiger partial charge in [0.2, 0.25) is 0 Å². The first-order valence-electron chi connectivity index (χ1n) is 5.35. The summed E-state index contributed by atoms with van der Waals surface area (Å²) in [5.74, 6) is 0.685. The van der Waals surface area contributed by atoms with E-state index in [1.54, 1.807) is 0 Å². The predicted molar refractivity (Wildman–Crippen MR) is 55.9 cm³/mol. The molecule has 0 amide bonds. The summed E-state index contributed by atoms with van der Waals surface area (Å²) >= 11 is 0. The van der Waals surface area contributed by atoms with Crippen LogP contribution in [0.25, 0.3) is 0 Å². The first-order valence-corrected chi connectivity index (χ1v) is 5.35. The van der Waals surface area contributed by atoms with Gasteiger partial charge in [-0.2, -0.15) is 0 Å². The van der Waals surface area contributed by atoms with E-state index in [9.17, 15) is 0 Å². The Bertz CT molecular complexity index is 169. The molecule has 0 radical (unpaired) electrons. The van der Waals surface area contributed by atoms with Crippen molar-refractivity contribution < 1.29 is 4.74 Å². The summed E-state index contributed by atoms with van der Waals surface area (Å²) in [6.45, 7) is 12.1. The average molecular weight is 185 g/mol. The Kier molecular flexibility index (Phi) is 3.36. The van der Waals surface area contributed by atoms with E-state index in [1.165, 1.54) is 0 Å². The molecule has 0 aromatic heterocycles. The van der Waals surface area contributed by atoms with Crippen LogP contribution in [0.15, 0.2) is 0 Å². The maximum atomic E-state index is 5.59. The van der Waals surface area contributed by atoms with Gasteiger partial charge in [-0.15, -0.1) is 0 Å². The second-order valence-corrected chi connectivity index (χ2v) is 4.86. The second-order valence-electron chi connectivity index (χ2n) is 4.86. The maximum absolute atomic E-state index is 5.59. The molecule has 1 fully saturated rings. The molecule has 13 heavy (non-hydrogen) atoms. The van der Waals surface area contributed by atoms with Gasteiger partial charge in [-0.1, -0.05) is 13.8 Å². The Balaban J connectivity index is 2.51. The third-order valence-corrected chi connectivity index (χ3v) is 3.44. The molecule has 1 rings (SSSR count). The highest BCUT2D eigenvalue weighted by Gasteiger charge is 2.37. The maximum Gasteiger partial charge on any atom is 0.0726 e. The average Bonchev–Trinajstić information content (AvgIpc) is 2.32. The molecule has 0 aromatic carbocycles. The molecular formula is C11H23NO.